The van der Waals surface area contributed by atoms with Crippen LogP contribution in [0.15, 0.2) is 97.1 Å². The summed E-state index contributed by atoms with van der Waals surface area (Å²) in [6.45, 7) is 3.36. The molecule has 4 bridgehead atoms. The van der Waals surface area contributed by atoms with Crippen LogP contribution < -0.4 is 25.4 Å². The number of fused-ring (bicyclic) bond motifs is 2. The summed E-state index contributed by atoms with van der Waals surface area (Å²) in [6.07, 6.45) is 15.2. The van der Waals surface area contributed by atoms with Crippen molar-refractivity contribution in [2.45, 2.75) is 106 Å². The quantitative estimate of drug-likeness (QED) is 0.161. The van der Waals surface area contributed by atoms with E-state index in [9.17, 15) is 9.59 Å². The van der Waals surface area contributed by atoms with Crippen LogP contribution in [0.1, 0.15) is 92.9 Å². The first kappa shape index (κ1) is 41.6. The average Bonchev–Trinajstić information content (AvgIpc) is 3.25. The van der Waals surface area contributed by atoms with Crippen molar-refractivity contribution in [3.63, 3.8) is 0 Å². The molecule has 8 nitrogen and oxygen atoms in total. The number of carbonyl (C=O) groups is 2. The van der Waals surface area contributed by atoms with Crippen LogP contribution >= 0.6 is 24.0 Å². The zero-order valence-electron chi connectivity index (χ0n) is 33.9. The van der Waals surface area contributed by atoms with E-state index < -0.39 is 12.2 Å². The topological polar surface area (TPSA) is 91.9 Å². The Morgan fingerprint density at radius 2 is 1.25 bits per heavy atom. The molecule has 59 heavy (non-hydrogen) atoms. The zero-order valence-corrected chi connectivity index (χ0v) is 35.5. The van der Waals surface area contributed by atoms with Gasteiger partial charge in [-0.25, -0.2) is 9.59 Å². The second-order valence-electron chi connectivity index (χ2n) is 17.5. The number of ether oxygens (including phenoxy) is 2. The van der Waals surface area contributed by atoms with Gasteiger partial charge in [0.25, 0.3) is 0 Å². The summed E-state index contributed by atoms with van der Waals surface area (Å²) in [5, 5.41) is 9.38. The molecule has 312 valence electrons. The van der Waals surface area contributed by atoms with Gasteiger partial charge in [-0.05, 0) is 160 Å². The van der Waals surface area contributed by atoms with Gasteiger partial charge in [0.15, 0.2) is 0 Å². The molecule has 6 atom stereocenters. The predicted molar refractivity (Wildman–Crippen MR) is 239 cm³/mol. The average molecular weight is 838 g/mol. The van der Waals surface area contributed by atoms with Gasteiger partial charge in [-0.3, -0.25) is 15.5 Å². The third kappa shape index (κ3) is 8.48. The highest BCUT2D eigenvalue weighted by atomic mass is 35.5. The minimum absolute atomic E-state index is 0. The molecule has 2 heterocycles. The first-order valence-electron chi connectivity index (χ1n) is 21.8. The molecule has 2 aliphatic heterocycles. The van der Waals surface area contributed by atoms with Crippen molar-refractivity contribution in [1.29, 1.82) is 0 Å². The molecule has 10 rings (SSSR count). The van der Waals surface area contributed by atoms with Gasteiger partial charge in [-0.15, -0.1) is 24.0 Å². The number of amides is 2. The van der Waals surface area contributed by atoms with Crippen molar-refractivity contribution < 1.29 is 19.1 Å². The van der Waals surface area contributed by atoms with Gasteiger partial charge in [0, 0.05) is 40.2 Å². The molecule has 4 fully saturated rings. The summed E-state index contributed by atoms with van der Waals surface area (Å²) < 4.78 is 11.3. The highest BCUT2D eigenvalue weighted by Gasteiger charge is 2.54. The van der Waals surface area contributed by atoms with Gasteiger partial charge in [-0.1, -0.05) is 74.2 Å². The van der Waals surface area contributed by atoms with Gasteiger partial charge in [-0.2, -0.15) is 0 Å². The molecular weight excluding hydrogens is 779 g/mol. The second-order valence-corrected chi connectivity index (χ2v) is 17.9. The molecule has 2 saturated heterocycles. The molecule has 0 radical (unpaired) electrons. The Kier molecular flexibility index (Phi) is 12.9. The van der Waals surface area contributed by atoms with E-state index in [-0.39, 0.29) is 23.2 Å². The van der Waals surface area contributed by atoms with Crippen molar-refractivity contribution in [2.75, 3.05) is 36.1 Å². The Morgan fingerprint density at radius 1 is 0.695 bits per heavy atom. The van der Waals surface area contributed by atoms with Crippen molar-refractivity contribution >= 4 is 47.6 Å². The molecule has 6 unspecified atom stereocenters. The zero-order chi connectivity index (χ0) is 39.5. The predicted octanol–water partition coefficient (Wildman–Crippen LogP) is 11.1. The van der Waals surface area contributed by atoms with Crippen molar-refractivity contribution in [3.8, 4) is 11.5 Å². The molecule has 3 N–H and O–H groups in total. The molecule has 4 aromatic rings. The largest absolute Gasteiger partial charge is 0.417 e. The van der Waals surface area contributed by atoms with Crippen LogP contribution in [0.25, 0.3) is 0 Å². The van der Waals surface area contributed by atoms with Crippen LogP contribution in [0.2, 0.25) is 0 Å². The van der Waals surface area contributed by atoms with Crippen LogP contribution in [-0.4, -0.2) is 54.7 Å². The third-order valence-electron chi connectivity index (χ3n) is 14.6. The maximum absolute atomic E-state index is 12.4. The highest BCUT2D eigenvalue weighted by molar-refractivity contribution is 6.17. The van der Waals surface area contributed by atoms with E-state index in [0.717, 1.165) is 62.1 Å². The lowest BCUT2D eigenvalue weighted by molar-refractivity contribution is -0.0110. The highest BCUT2D eigenvalue weighted by Crippen LogP contribution is 2.57. The fourth-order valence-electron chi connectivity index (χ4n) is 12.2. The molecule has 2 amide bonds. The fraction of sp³-hybridized carbons (Fsp3) is 0.469. The number of alkyl halides is 1. The van der Waals surface area contributed by atoms with Crippen LogP contribution in [0.5, 0.6) is 11.5 Å². The van der Waals surface area contributed by atoms with E-state index in [0.29, 0.717) is 29.5 Å². The Bertz CT molecular complexity index is 2080. The Balaban J connectivity index is 0.000000163. The molecule has 0 spiro atoms. The Hall–Kier alpha value is -4.08. The molecule has 4 aliphatic carbocycles. The van der Waals surface area contributed by atoms with Crippen molar-refractivity contribution in [1.82, 2.24) is 10.2 Å². The fourth-order valence-corrected chi connectivity index (χ4v) is 12.3. The Labute approximate surface area is 360 Å². The number of rotatable bonds is 7. The van der Waals surface area contributed by atoms with Gasteiger partial charge < -0.3 is 14.8 Å². The minimum atomic E-state index is -0.437. The number of anilines is 2. The molecule has 10 heteroatoms. The van der Waals surface area contributed by atoms with E-state index in [2.05, 4.69) is 45.1 Å². The summed E-state index contributed by atoms with van der Waals surface area (Å²) in [5.74, 6) is 3.46. The monoisotopic (exact) mass is 836 g/mol. The summed E-state index contributed by atoms with van der Waals surface area (Å²) in [6, 6.07) is 32.7. The van der Waals surface area contributed by atoms with Gasteiger partial charge in [0.2, 0.25) is 0 Å². The standard InChI is InChI=1S/C26H31ClN2O2.C23H26N2O2.ClH/c27-14-6-15-29-16-13-26-12-5-4-9-22(26)24(29)17-19-10-11-21(18-23(19)26)31-25(30)28-20-7-2-1-3-8-20;26-22(25-17-6-2-1-3-7-17)27-18-10-9-16-14-21-19-8-4-5-11-23(19,12-13-24-21)20(16)15-18;/h1-3,7-8,10-11,18,22,24H,4-6,9,12-17H2,(H,28,30);1-3,6-7,9-10,15,19,21,24H,4-5,8,11-14H2,(H,25,26);1H. The van der Waals surface area contributed by atoms with E-state index >= 15 is 0 Å². The lowest BCUT2D eigenvalue weighted by Crippen LogP contribution is -2.61. The summed E-state index contributed by atoms with van der Waals surface area (Å²) in [4.78, 5) is 27.4. The number of halogens is 2. The van der Waals surface area contributed by atoms with E-state index in [1.54, 1.807) is 0 Å². The van der Waals surface area contributed by atoms with Crippen molar-refractivity contribution in [3.05, 3.63) is 119 Å². The second kappa shape index (κ2) is 18.3. The smallest absolute Gasteiger partial charge is 0.410 e. The number of hydrogen-bond acceptors (Lipinski definition) is 6. The van der Waals surface area contributed by atoms with Gasteiger partial charge in [0.1, 0.15) is 11.5 Å². The van der Waals surface area contributed by atoms with E-state index in [4.69, 9.17) is 21.1 Å². The maximum atomic E-state index is 12.4. The van der Waals surface area contributed by atoms with Crippen LogP contribution in [-0.2, 0) is 23.7 Å². The number of carbonyl (C=O) groups excluding carboxylic acids is 2. The number of hydrogen-bond donors (Lipinski definition) is 3. The number of benzene rings is 4. The van der Waals surface area contributed by atoms with Gasteiger partial charge in [0.05, 0.1) is 0 Å². The van der Waals surface area contributed by atoms with E-state index in [1.807, 2.05) is 72.8 Å². The van der Waals surface area contributed by atoms with Crippen molar-refractivity contribution in [2.24, 2.45) is 11.8 Å². The lowest BCUT2D eigenvalue weighted by Gasteiger charge is -2.59. The molecule has 4 aromatic carbocycles. The summed E-state index contributed by atoms with van der Waals surface area (Å²) in [5.41, 5.74) is 7.75. The first-order chi connectivity index (χ1) is 28.4. The molecular formula is C49H58Cl2N4O4. The van der Waals surface area contributed by atoms with Gasteiger partial charge >= 0.3 is 12.2 Å². The lowest BCUT2D eigenvalue weighted by atomic mass is 9.52. The number of para-hydroxylation sites is 2. The summed E-state index contributed by atoms with van der Waals surface area (Å²) >= 11 is 6.01. The molecule has 6 aliphatic rings. The molecule has 0 aromatic heterocycles. The number of nitrogens with zero attached hydrogens (tertiary/aromatic N) is 1. The SMILES string of the molecule is Cl.O=C(Nc1ccccc1)Oc1ccc2c(c1)C13CCCCC1C(C2)N(CCCCl)CC3.O=C(Nc1ccccc1)Oc1ccc2c(c1)C13CCCCC1C(C2)NCC3. The Morgan fingerprint density at radius 3 is 1.85 bits per heavy atom. The normalized spacial score (nSPS) is 27.3. The third-order valence-corrected chi connectivity index (χ3v) is 14.8. The number of nitrogens with one attached hydrogen (secondary N) is 3. The minimum Gasteiger partial charge on any atom is -0.410 e. The van der Waals surface area contributed by atoms with Crippen LogP contribution in [0.3, 0.4) is 0 Å². The summed E-state index contributed by atoms with van der Waals surface area (Å²) in [7, 11) is 0. The van der Waals surface area contributed by atoms with E-state index in [1.165, 1.54) is 86.5 Å². The number of likely N-dealkylation sites (tertiary alicyclic amines) is 1. The molecule has 2 saturated carbocycles. The first-order valence-corrected chi connectivity index (χ1v) is 22.4. The maximum Gasteiger partial charge on any atom is 0.417 e. The number of piperidine rings is 2. The van der Waals surface area contributed by atoms with Crippen LogP contribution in [0, 0.1) is 11.8 Å². The van der Waals surface area contributed by atoms with Crippen LogP contribution in [0.4, 0.5) is 21.0 Å².